The van der Waals surface area contributed by atoms with Crippen LogP contribution in [0.5, 0.6) is 0 Å². The van der Waals surface area contributed by atoms with Gasteiger partial charge in [-0.05, 0) is 47.9 Å². The van der Waals surface area contributed by atoms with Crippen LogP contribution in [0.3, 0.4) is 0 Å². The number of nitrogens with two attached hydrogens (primary N) is 1. The van der Waals surface area contributed by atoms with E-state index in [-0.39, 0.29) is 13.2 Å². The maximum Gasteiger partial charge on any atom is 0.0633 e. The first-order chi connectivity index (χ1) is 11.1. The van der Waals surface area contributed by atoms with E-state index in [4.69, 9.17) is 5.73 Å². The average molecular weight is 313 g/mol. The summed E-state index contributed by atoms with van der Waals surface area (Å²) >= 11 is 0. The molecule has 3 nitrogen and oxygen atoms in total. The smallest absolute Gasteiger partial charge is 0.0633 e. The minimum atomic E-state index is -0.889. The zero-order chi connectivity index (χ0) is 16.7. The highest BCUT2D eigenvalue weighted by Crippen LogP contribution is 2.15. The summed E-state index contributed by atoms with van der Waals surface area (Å²) < 4.78 is 0. The topological polar surface area (TPSA) is 66.5 Å². The fourth-order valence-electron chi connectivity index (χ4n) is 2.55. The van der Waals surface area contributed by atoms with Gasteiger partial charge in [0, 0.05) is 0 Å². The second-order valence-corrected chi connectivity index (χ2v) is 6.34. The molecule has 124 valence electrons. The van der Waals surface area contributed by atoms with Crippen LogP contribution in [0.4, 0.5) is 0 Å². The fraction of sp³-hybridized carbons (Fsp3) is 0.400. The Hall–Kier alpha value is -1.68. The van der Waals surface area contributed by atoms with Crippen molar-refractivity contribution >= 4 is 0 Å². The number of hydrogen-bond donors (Lipinski definition) is 3. The Morgan fingerprint density at radius 3 is 1.65 bits per heavy atom. The number of benzene rings is 2. The van der Waals surface area contributed by atoms with E-state index in [1.165, 1.54) is 22.3 Å². The van der Waals surface area contributed by atoms with Gasteiger partial charge in [-0.1, -0.05) is 55.5 Å². The number of aliphatic hydroxyl groups excluding tert-OH is 2. The van der Waals surface area contributed by atoms with E-state index in [1.807, 2.05) is 0 Å². The molecule has 4 N–H and O–H groups in total. The minimum absolute atomic E-state index is 0.199. The van der Waals surface area contributed by atoms with Crippen LogP contribution in [-0.2, 0) is 19.3 Å². The van der Waals surface area contributed by atoms with Gasteiger partial charge in [-0.3, -0.25) is 0 Å². The summed E-state index contributed by atoms with van der Waals surface area (Å²) in [5.74, 6) is 0. The first-order valence-corrected chi connectivity index (χ1v) is 8.25. The Bertz CT molecular complexity index is 586. The highest BCUT2D eigenvalue weighted by Gasteiger charge is 2.22. The molecule has 0 aliphatic heterocycles. The van der Waals surface area contributed by atoms with Crippen molar-refractivity contribution < 1.29 is 10.2 Å². The number of aryl methyl sites for hydroxylation is 2. The molecule has 0 unspecified atom stereocenters. The van der Waals surface area contributed by atoms with E-state index in [0.29, 0.717) is 6.42 Å². The lowest BCUT2D eigenvalue weighted by atomic mass is 9.93. The van der Waals surface area contributed by atoms with E-state index in [1.54, 1.807) is 0 Å². The molecule has 0 aliphatic carbocycles. The molecule has 2 aromatic rings. The molecule has 0 fully saturated rings. The zero-order valence-corrected chi connectivity index (χ0v) is 13.8. The Labute approximate surface area is 138 Å². The van der Waals surface area contributed by atoms with Crippen molar-refractivity contribution in [1.82, 2.24) is 0 Å². The van der Waals surface area contributed by atoms with Gasteiger partial charge in [0.25, 0.3) is 0 Å². The lowest BCUT2D eigenvalue weighted by Gasteiger charge is -2.24. The molecule has 3 heteroatoms. The van der Waals surface area contributed by atoms with Gasteiger partial charge in [0.2, 0.25) is 0 Å². The number of hydrogen-bond acceptors (Lipinski definition) is 3. The summed E-state index contributed by atoms with van der Waals surface area (Å²) in [6, 6.07) is 17.2. The average Bonchev–Trinajstić information content (AvgIpc) is 2.61. The van der Waals surface area contributed by atoms with Crippen LogP contribution in [0.2, 0.25) is 0 Å². The molecule has 23 heavy (non-hydrogen) atoms. The predicted molar refractivity (Wildman–Crippen MR) is 94.5 cm³/mol. The van der Waals surface area contributed by atoms with Crippen LogP contribution in [0.25, 0.3) is 0 Å². The second-order valence-electron chi connectivity index (χ2n) is 6.34. The molecule has 0 heterocycles. The van der Waals surface area contributed by atoms with Crippen molar-refractivity contribution in [2.24, 2.45) is 5.73 Å². The summed E-state index contributed by atoms with van der Waals surface area (Å²) in [4.78, 5) is 0. The number of aliphatic hydroxyl groups is 2. The summed E-state index contributed by atoms with van der Waals surface area (Å²) in [5, 5.41) is 18.4. The lowest BCUT2D eigenvalue weighted by molar-refractivity contribution is 0.115. The van der Waals surface area contributed by atoms with Gasteiger partial charge < -0.3 is 15.9 Å². The summed E-state index contributed by atoms with van der Waals surface area (Å²) in [6.45, 7) is 1.77. The van der Waals surface area contributed by atoms with Crippen molar-refractivity contribution in [1.29, 1.82) is 0 Å². The van der Waals surface area contributed by atoms with Gasteiger partial charge in [0.15, 0.2) is 0 Å². The molecule has 0 radical (unpaired) electrons. The Morgan fingerprint density at radius 1 is 0.783 bits per heavy atom. The molecule has 0 bridgehead atoms. The molecule has 0 amide bonds. The lowest BCUT2D eigenvalue weighted by Crippen LogP contribution is -2.47. The molecular formula is C20H27NO2. The third-order valence-corrected chi connectivity index (χ3v) is 4.40. The van der Waals surface area contributed by atoms with E-state index in [9.17, 15) is 10.2 Å². The van der Waals surface area contributed by atoms with Gasteiger partial charge in [0.05, 0.1) is 18.8 Å². The third-order valence-electron chi connectivity index (χ3n) is 4.40. The first kappa shape index (κ1) is 17.7. The van der Waals surface area contributed by atoms with E-state index in [0.717, 1.165) is 19.3 Å². The molecule has 0 aromatic heterocycles. The molecule has 0 saturated heterocycles. The predicted octanol–water partition coefficient (Wildman–Crippen LogP) is 2.45. The highest BCUT2D eigenvalue weighted by atomic mass is 16.3. The van der Waals surface area contributed by atoms with Gasteiger partial charge in [-0.2, -0.15) is 0 Å². The van der Waals surface area contributed by atoms with Crippen molar-refractivity contribution in [3.63, 3.8) is 0 Å². The van der Waals surface area contributed by atoms with Crippen LogP contribution in [-0.4, -0.2) is 29.0 Å². The largest absolute Gasteiger partial charge is 0.394 e. The summed E-state index contributed by atoms with van der Waals surface area (Å²) in [5.41, 5.74) is 10.1. The van der Waals surface area contributed by atoms with Crippen LogP contribution < -0.4 is 5.73 Å². The monoisotopic (exact) mass is 313 g/mol. The molecule has 0 saturated carbocycles. The molecule has 0 atom stereocenters. The van der Waals surface area contributed by atoms with E-state index in [2.05, 4.69) is 55.5 Å². The van der Waals surface area contributed by atoms with Crippen molar-refractivity contribution in [3.05, 3.63) is 70.8 Å². The van der Waals surface area contributed by atoms with E-state index >= 15 is 0 Å². The first-order valence-electron chi connectivity index (χ1n) is 8.25. The van der Waals surface area contributed by atoms with E-state index < -0.39 is 5.54 Å². The molecule has 0 aliphatic rings. The standard InChI is InChI=1S/C20H27NO2/c1-2-16-3-7-18(8-4-16)13-19-9-5-17(6-10-19)11-12-20(21,14-22)15-23/h3-10,22-23H,2,11-15,21H2,1H3. The van der Waals surface area contributed by atoms with Crippen molar-refractivity contribution in [2.75, 3.05) is 13.2 Å². The molecular weight excluding hydrogens is 286 g/mol. The highest BCUT2D eigenvalue weighted by molar-refractivity contribution is 5.30. The zero-order valence-electron chi connectivity index (χ0n) is 13.8. The Balaban J connectivity index is 1.93. The maximum atomic E-state index is 9.22. The Morgan fingerprint density at radius 2 is 1.22 bits per heavy atom. The third kappa shape index (κ3) is 5.17. The summed E-state index contributed by atoms with van der Waals surface area (Å²) in [6.07, 6.45) is 3.32. The van der Waals surface area contributed by atoms with Gasteiger partial charge in [0.1, 0.15) is 0 Å². The normalized spacial score (nSPS) is 11.7. The minimum Gasteiger partial charge on any atom is -0.394 e. The number of rotatable bonds is 8. The van der Waals surface area contributed by atoms with Crippen LogP contribution in [0.15, 0.2) is 48.5 Å². The molecule has 2 rings (SSSR count). The van der Waals surface area contributed by atoms with Crippen LogP contribution in [0, 0.1) is 0 Å². The maximum absolute atomic E-state index is 9.22. The Kier molecular flexibility index (Phi) is 6.34. The van der Waals surface area contributed by atoms with Gasteiger partial charge >= 0.3 is 0 Å². The molecule has 2 aromatic carbocycles. The SMILES string of the molecule is CCc1ccc(Cc2ccc(CCC(N)(CO)CO)cc2)cc1. The fourth-order valence-corrected chi connectivity index (χ4v) is 2.55. The summed E-state index contributed by atoms with van der Waals surface area (Å²) in [7, 11) is 0. The van der Waals surface area contributed by atoms with Crippen LogP contribution in [0.1, 0.15) is 35.6 Å². The van der Waals surface area contributed by atoms with Crippen molar-refractivity contribution in [3.8, 4) is 0 Å². The van der Waals surface area contributed by atoms with Gasteiger partial charge in [-0.15, -0.1) is 0 Å². The van der Waals surface area contributed by atoms with Crippen molar-refractivity contribution in [2.45, 2.75) is 38.1 Å². The quantitative estimate of drug-likeness (QED) is 0.701. The van der Waals surface area contributed by atoms with Gasteiger partial charge in [-0.25, -0.2) is 0 Å². The molecule has 0 spiro atoms. The van der Waals surface area contributed by atoms with Crippen LogP contribution >= 0.6 is 0 Å². The second kappa shape index (κ2) is 8.25.